The molecule has 5 nitrogen and oxygen atoms in total. The van der Waals surface area contributed by atoms with Crippen molar-refractivity contribution in [1.29, 1.82) is 0 Å². The Morgan fingerprint density at radius 1 is 0.706 bits per heavy atom. The standard InChI is InChI=1S/C29H26N2O3/c1-21-8-7-11-23(20-21)28(32)30-24-14-16-25(17-15-24)31-29(33)26-12-5-6-13-27(26)34-19-18-22-9-3-2-4-10-22/h2-17,20H,18-19H2,1H3,(H,30,32)(H,31,33). The average molecular weight is 451 g/mol. The molecule has 0 aromatic heterocycles. The Hall–Kier alpha value is -4.38. The molecule has 0 aliphatic rings. The molecule has 0 spiro atoms. The van der Waals surface area contributed by atoms with Gasteiger partial charge in [0.05, 0.1) is 12.2 Å². The molecule has 2 amide bonds. The Kier molecular flexibility index (Phi) is 7.35. The minimum absolute atomic E-state index is 0.179. The average Bonchev–Trinajstić information content (AvgIpc) is 2.86. The van der Waals surface area contributed by atoms with Crippen LogP contribution in [0.2, 0.25) is 0 Å². The second-order valence-corrected chi connectivity index (χ2v) is 7.94. The Morgan fingerprint density at radius 3 is 2.06 bits per heavy atom. The van der Waals surface area contributed by atoms with E-state index < -0.39 is 0 Å². The zero-order chi connectivity index (χ0) is 23.8. The van der Waals surface area contributed by atoms with Gasteiger partial charge in [-0.25, -0.2) is 0 Å². The molecule has 0 saturated heterocycles. The van der Waals surface area contributed by atoms with Gasteiger partial charge in [-0.3, -0.25) is 9.59 Å². The molecule has 4 rings (SSSR count). The predicted octanol–water partition coefficient (Wildman–Crippen LogP) is 6.12. The maximum Gasteiger partial charge on any atom is 0.259 e. The number of hydrogen-bond donors (Lipinski definition) is 2. The van der Waals surface area contributed by atoms with Crippen molar-refractivity contribution in [2.75, 3.05) is 17.2 Å². The van der Waals surface area contributed by atoms with E-state index in [9.17, 15) is 9.59 Å². The Balaban J connectivity index is 1.36. The van der Waals surface area contributed by atoms with E-state index in [0.29, 0.717) is 34.9 Å². The van der Waals surface area contributed by atoms with Crippen LogP contribution in [0.25, 0.3) is 0 Å². The monoisotopic (exact) mass is 450 g/mol. The normalized spacial score (nSPS) is 10.4. The second-order valence-electron chi connectivity index (χ2n) is 7.94. The van der Waals surface area contributed by atoms with Gasteiger partial charge in [-0.1, -0.05) is 60.2 Å². The van der Waals surface area contributed by atoms with E-state index in [1.807, 2.05) is 55.5 Å². The van der Waals surface area contributed by atoms with E-state index in [-0.39, 0.29) is 11.8 Å². The fourth-order valence-electron chi connectivity index (χ4n) is 3.53. The van der Waals surface area contributed by atoms with E-state index in [1.165, 1.54) is 5.56 Å². The Labute approximate surface area is 199 Å². The van der Waals surface area contributed by atoms with E-state index >= 15 is 0 Å². The van der Waals surface area contributed by atoms with Gasteiger partial charge in [0.1, 0.15) is 5.75 Å². The van der Waals surface area contributed by atoms with Crippen LogP contribution in [0.5, 0.6) is 5.75 Å². The van der Waals surface area contributed by atoms with E-state index in [4.69, 9.17) is 4.74 Å². The van der Waals surface area contributed by atoms with E-state index in [2.05, 4.69) is 22.8 Å². The SMILES string of the molecule is Cc1cccc(C(=O)Nc2ccc(NC(=O)c3ccccc3OCCc3ccccc3)cc2)c1. The molecular formula is C29H26N2O3. The lowest BCUT2D eigenvalue weighted by Gasteiger charge is -2.12. The van der Waals surface area contributed by atoms with Gasteiger partial charge in [0.25, 0.3) is 11.8 Å². The summed E-state index contributed by atoms with van der Waals surface area (Å²) >= 11 is 0. The van der Waals surface area contributed by atoms with E-state index in [1.54, 1.807) is 42.5 Å². The third kappa shape index (κ3) is 6.11. The first-order valence-corrected chi connectivity index (χ1v) is 11.1. The number of rotatable bonds is 8. The number of para-hydroxylation sites is 1. The molecule has 170 valence electrons. The molecule has 5 heteroatoms. The van der Waals surface area contributed by atoms with Crippen LogP contribution in [-0.2, 0) is 6.42 Å². The number of aryl methyl sites for hydroxylation is 1. The van der Waals surface area contributed by atoms with Crippen LogP contribution in [-0.4, -0.2) is 18.4 Å². The minimum Gasteiger partial charge on any atom is -0.492 e. The van der Waals surface area contributed by atoms with Gasteiger partial charge in [-0.05, 0) is 61.0 Å². The van der Waals surface area contributed by atoms with Crippen molar-refractivity contribution >= 4 is 23.2 Å². The number of hydrogen-bond acceptors (Lipinski definition) is 3. The largest absolute Gasteiger partial charge is 0.492 e. The van der Waals surface area contributed by atoms with Crippen LogP contribution in [0.3, 0.4) is 0 Å². The van der Waals surface area contributed by atoms with E-state index in [0.717, 1.165) is 12.0 Å². The molecule has 0 saturated carbocycles. The third-order valence-corrected chi connectivity index (χ3v) is 5.30. The first-order chi connectivity index (χ1) is 16.6. The molecule has 0 radical (unpaired) electrons. The lowest BCUT2D eigenvalue weighted by atomic mass is 10.1. The molecule has 4 aromatic carbocycles. The quantitative estimate of drug-likeness (QED) is 0.340. The van der Waals surface area contributed by atoms with Gasteiger partial charge in [0.2, 0.25) is 0 Å². The van der Waals surface area contributed by atoms with Crippen LogP contribution >= 0.6 is 0 Å². The molecule has 34 heavy (non-hydrogen) atoms. The molecule has 0 fully saturated rings. The highest BCUT2D eigenvalue weighted by Crippen LogP contribution is 2.21. The summed E-state index contributed by atoms with van der Waals surface area (Å²) in [6, 6.07) is 31.7. The van der Waals surface area contributed by atoms with Crippen molar-refractivity contribution in [3.8, 4) is 5.75 Å². The number of carbonyl (C=O) groups is 2. The van der Waals surface area contributed by atoms with Crippen molar-refractivity contribution in [3.63, 3.8) is 0 Å². The minimum atomic E-state index is -0.258. The lowest BCUT2D eigenvalue weighted by Crippen LogP contribution is -2.15. The number of carbonyl (C=O) groups excluding carboxylic acids is 2. The summed E-state index contributed by atoms with van der Waals surface area (Å²) in [4.78, 5) is 25.3. The first kappa shape index (κ1) is 22.8. The molecular weight excluding hydrogens is 424 g/mol. The third-order valence-electron chi connectivity index (χ3n) is 5.30. The van der Waals surface area contributed by atoms with Gasteiger partial charge in [-0.15, -0.1) is 0 Å². The second kappa shape index (κ2) is 11.0. The summed E-state index contributed by atoms with van der Waals surface area (Å²) in [5.41, 5.74) is 4.54. The molecule has 0 aliphatic carbocycles. The number of benzene rings is 4. The summed E-state index contributed by atoms with van der Waals surface area (Å²) in [5.74, 6) is 0.104. The smallest absolute Gasteiger partial charge is 0.259 e. The molecule has 0 unspecified atom stereocenters. The summed E-state index contributed by atoms with van der Waals surface area (Å²) in [5, 5.41) is 5.77. The van der Waals surface area contributed by atoms with Crippen molar-refractivity contribution in [1.82, 2.24) is 0 Å². The highest BCUT2D eigenvalue weighted by Gasteiger charge is 2.13. The fraction of sp³-hybridized carbons (Fsp3) is 0.103. The molecule has 0 aliphatic heterocycles. The molecule has 0 bridgehead atoms. The molecule has 0 heterocycles. The van der Waals surface area contributed by atoms with Gasteiger partial charge in [-0.2, -0.15) is 0 Å². The van der Waals surface area contributed by atoms with Crippen LogP contribution in [0.4, 0.5) is 11.4 Å². The van der Waals surface area contributed by atoms with Crippen molar-refractivity contribution in [3.05, 3.63) is 125 Å². The maximum atomic E-state index is 12.9. The fourth-order valence-corrected chi connectivity index (χ4v) is 3.53. The maximum absolute atomic E-state index is 12.9. The van der Waals surface area contributed by atoms with Crippen molar-refractivity contribution in [2.45, 2.75) is 13.3 Å². The van der Waals surface area contributed by atoms with Gasteiger partial charge in [0, 0.05) is 23.4 Å². The van der Waals surface area contributed by atoms with Crippen LogP contribution in [0, 0.1) is 6.92 Å². The number of nitrogens with one attached hydrogen (secondary N) is 2. The van der Waals surface area contributed by atoms with Gasteiger partial charge in [0.15, 0.2) is 0 Å². The van der Waals surface area contributed by atoms with Gasteiger partial charge < -0.3 is 15.4 Å². The highest BCUT2D eigenvalue weighted by atomic mass is 16.5. The molecule has 2 N–H and O–H groups in total. The zero-order valence-electron chi connectivity index (χ0n) is 19.0. The molecule has 4 aromatic rings. The van der Waals surface area contributed by atoms with Gasteiger partial charge >= 0.3 is 0 Å². The summed E-state index contributed by atoms with van der Waals surface area (Å²) in [7, 11) is 0. The zero-order valence-corrected chi connectivity index (χ0v) is 19.0. The topological polar surface area (TPSA) is 67.4 Å². The summed E-state index contributed by atoms with van der Waals surface area (Å²) < 4.78 is 5.90. The Morgan fingerprint density at radius 2 is 1.35 bits per heavy atom. The van der Waals surface area contributed by atoms with Crippen LogP contribution < -0.4 is 15.4 Å². The number of amides is 2. The van der Waals surface area contributed by atoms with Crippen LogP contribution in [0.15, 0.2) is 103 Å². The summed E-state index contributed by atoms with van der Waals surface area (Å²) in [6.45, 7) is 2.42. The molecule has 0 atom stereocenters. The predicted molar refractivity (Wildman–Crippen MR) is 136 cm³/mol. The highest BCUT2D eigenvalue weighted by molar-refractivity contribution is 6.07. The number of ether oxygens (including phenoxy) is 1. The Bertz CT molecular complexity index is 1270. The first-order valence-electron chi connectivity index (χ1n) is 11.1. The van der Waals surface area contributed by atoms with Crippen molar-refractivity contribution in [2.24, 2.45) is 0 Å². The lowest BCUT2D eigenvalue weighted by molar-refractivity contribution is 0.101. The van der Waals surface area contributed by atoms with Crippen molar-refractivity contribution < 1.29 is 14.3 Å². The van der Waals surface area contributed by atoms with Crippen LogP contribution in [0.1, 0.15) is 31.8 Å². The summed E-state index contributed by atoms with van der Waals surface area (Å²) in [6.07, 6.45) is 0.756. The number of anilines is 2.